The predicted molar refractivity (Wildman–Crippen MR) is 85.3 cm³/mol. The van der Waals surface area contributed by atoms with Crippen LogP contribution in [0.15, 0.2) is 46.3 Å². The molecule has 0 spiro atoms. The fourth-order valence-corrected chi connectivity index (χ4v) is 2.69. The maximum Gasteiger partial charge on any atom is 0.338 e. The first-order valence-electron chi connectivity index (χ1n) is 6.31. The van der Waals surface area contributed by atoms with Crippen LogP contribution in [-0.4, -0.2) is 18.5 Å². The molecule has 1 amide bonds. The minimum absolute atomic E-state index is 0.0936. The van der Waals surface area contributed by atoms with E-state index in [-0.39, 0.29) is 18.6 Å². The summed E-state index contributed by atoms with van der Waals surface area (Å²) in [6.45, 7) is 1.60. The highest BCUT2D eigenvalue weighted by molar-refractivity contribution is 9.10. The number of esters is 1. The van der Waals surface area contributed by atoms with Crippen LogP contribution in [0.2, 0.25) is 0 Å². The summed E-state index contributed by atoms with van der Waals surface area (Å²) in [5.41, 5.74) is 0.414. The Balaban J connectivity index is 1.81. The van der Waals surface area contributed by atoms with Crippen molar-refractivity contribution in [1.82, 2.24) is 5.32 Å². The lowest BCUT2D eigenvalue weighted by atomic mass is 10.2. The Morgan fingerprint density at radius 3 is 2.62 bits per heavy atom. The highest BCUT2D eigenvalue weighted by Gasteiger charge is 2.13. The molecule has 2 aromatic rings. The van der Waals surface area contributed by atoms with Crippen LogP contribution >= 0.6 is 27.3 Å². The lowest BCUT2D eigenvalue weighted by molar-refractivity contribution is -0.124. The first-order chi connectivity index (χ1) is 10.1. The van der Waals surface area contributed by atoms with Crippen molar-refractivity contribution in [1.29, 1.82) is 0 Å². The van der Waals surface area contributed by atoms with Crippen molar-refractivity contribution in [2.75, 3.05) is 6.61 Å². The number of ether oxygens (including phenoxy) is 1. The molecule has 2 rings (SSSR count). The molecule has 1 aromatic carbocycles. The number of carbonyl (C=O) groups is 2. The minimum Gasteiger partial charge on any atom is -0.452 e. The number of hydrogen-bond acceptors (Lipinski definition) is 4. The van der Waals surface area contributed by atoms with Crippen LogP contribution in [-0.2, 0) is 9.53 Å². The second kappa shape index (κ2) is 7.38. The van der Waals surface area contributed by atoms with E-state index in [0.29, 0.717) is 5.56 Å². The van der Waals surface area contributed by atoms with Crippen LogP contribution in [0, 0.1) is 0 Å². The molecule has 0 radical (unpaired) electrons. The lowest BCUT2D eigenvalue weighted by Gasteiger charge is -2.12. The third-order valence-electron chi connectivity index (χ3n) is 2.76. The molecular weight excluding hydrogens is 354 g/mol. The summed E-state index contributed by atoms with van der Waals surface area (Å²) in [6.07, 6.45) is 0. The van der Waals surface area contributed by atoms with Gasteiger partial charge in [-0.1, -0.05) is 22.0 Å². The number of amides is 1. The second-order valence-electron chi connectivity index (χ2n) is 4.39. The van der Waals surface area contributed by atoms with Crippen molar-refractivity contribution in [3.05, 3.63) is 56.7 Å². The van der Waals surface area contributed by atoms with E-state index in [1.807, 2.05) is 24.4 Å². The molecule has 0 saturated heterocycles. The number of hydrogen-bond donors (Lipinski definition) is 1. The van der Waals surface area contributed by atoms with E-state index in [1.54, 1.807) is 35.6 Å². The Morgan fingerprint density at radius 2 is 2.00 bits per heavy atom. The quantitative estimate of drug-likeness (QED) is 0.822. The summed E-state index contributed by atoms with van der Waals surface area (Å²) >= 11 is 4.86. The first kappa shape index (κ1) is 15.7. The number of thiophene rings is 1. The van der Waals surface area contributed by atoms with Gasteiger partial charge in [0, 0.05) is 9.35 Å². The fraction of sp³-hybridized carbons (Fsp3) is 0.200. The number of nitrogens with one attached hydrogen (secondary N) is 1. The molecule has 0 bridgehead atoms. The Morgan fingerprint density at radius 1 is 1.29 bits per heavy atom. The molecule has 1 atom stereocenters. The van der Waals surface area contributed by atoms with Crippen LogP contribution in [0.4, 0.5) is 0 Å². The molecule has 0 aliphatic rings. The number of carbonyl (C=O) groups excluding carboxylic acids is 2. The van der Waals surface area contributed by atoms with Crippen molar-refractivity contribution >= 4 is 39.1 Å². The Bertz CT molecular complexity index is 610. The molecule has 6 heteroatoms. The van der Waals surface area contributed by atoms with Gasteiger partial charge in [-0.15, -0.1) is 11.3 Å². The number of benzene rings is 1. The normalized spacial score (nSPS) is 11.7. The third kappa shape index (κ3) is 4.68. The SMILES string of the molecule is C[C@H](NC(=O)COC(=O)c1ccc(Br)cc1)c1cccs1. The zero-order valence-corrected chi connectivity index (χ0v) is 13.7. The van der Waals surface area contributed by atoms with E-state index in [2.05, 4.69) is 21.2 Å². The third-order valence-corrected chi connectivity index (χ3v) is 4.35. The summed E-state index contributed by atoms with van der Waals surface area (Å²) in [5, 5.41) is 4.73. The van der Waals surface area contributed by atoms with Crippen LogP contribution in [0.3, 0.4) is 0 Å². The van der Waals surface area contributed by atoms with Crippen LogP contribution in [0.25, 0.3) is 0 Å². The molecule has 0 saturated carbocycles. The highest BCUT2D eigenvalue weighted by atomic mass is 79.9. The molecule has 0 aliphatic heterocycles. The van der Waals surface area contributed by atoms with Gasteiger partial charge in [-0.3, -0.25) is 4.79 Å². The summed E-state index contributed by atoms with van der Waals surface area (Å²) < 4.78 is 5.86. The van der Waals surface area contributed by atoms with Gasteiger partial charge in [-0.25, -0.2) is 4.79 Å². The van der Waals surface area contributed by atoms with Crippen LogP contribution in [0.5, 0.6) is 0 Å². The second-order valence-corrected chi connectivity index (χ2v) is 6.28. The topological polar surface area (TPSA) is 55.4 Å². The standard InChI is InChI=1S/C15H14BrNO3S/c1-10(13-3-2-8-21-13)17-14(18)9-20-15(19)11-4-6-12(16)7-5-11/h2-8,10H,9H2,1H3,(H,17,18)/t10-/m0/s1. The van der Waals surface area contributed by atoms with E-state index in [1.165, 1.54) is 0 Å². The van der Waals surface area contributed by atoms with Crippen LogP contribution in [0.1, 0.15) is 28.2 Å². The number of halogens is 1. The largest absolute Gasteiger partial charge is 0.452 e. The highest BCUT2D eigenvalue weighted by Crippen LogP contribution is 2.17. The maximum absolute atomic E-state index is 11.8. The minimum atomic E-state index is -0.513. The van der Waals surface area contributed by atoms with Gasteiger partial charge in [-0.2, -0.15) is 0 Å². The Hall–Kier alpha value is -1.66. The predicted octanol–water partition coefficient (Wildman–Crippen LogP) is 3.54. The molecule has 0 fully saturated rings. The smallest absolute Gasteiger partial charge is 0.338 e. The molecule has 110 valence electrons. The zero-order valence-electron chi connectivity index (χ0n) is 11.3. The monoisotopic (exact) mass is 367 g/mol. The van der Waals surface area contributed by atoms with E-state index < -0.39 is 5.97 Å². The Kier molecular flexibility index (Phi) is 5.52. The van der Waals surface area contributed by atoms with Gasteiger partial charge in [0.2, 0.25) is 0 Å². The van der Waals surface area contributed by atoms with Gasteiger partial charge >= 0.3 is 5.97 Å². The maximum atomic E-state index is 11.8. The molecule has 1 heterocycles. The van der Waals surface area contributed by atoms with E-state index >= 15 is 0 Å². The molecular formula is C15H14BrNO3S. The summed E-state index contributed by atoms with van der Waals surface area (Å²) in [6, 6.07) is 10.5. The van der Waals surface area contributed by atoms with Crippen molar-refractivity contribution in [2.45, 2.75) is 13.0 Å². The van der Waals surface area contributed by atoms with Gasteiger partial charge in [-0.05, 0) is 42.6 Å². The summed E-state index contributed by atoms with van der Waals surface area (Å²) in [5.74, 6) is -0.831. The summed E-state index contributed by atoms with van der Waals surface area (Å²) in [4.78, 5) is 24.6. The molecule has 0 aliphatic carbocycles. The zero-order chi connectivity index (χ0) is 15.2. The first-order valence-corrected chi connectivity index (χ1v) is 7.99. The lowest BCUT2D eigenvalue weighted by Crippen LogP contribution is -2.30. The molecule has 1 aromatic heterocycles. The Labute approximate surface area is 135 Å². The molecule has 0 unspecified atom stereocenters. The van der Waals surface area contributed by atoms with Gasteiger partial charge in [0.25, 0.3) is 5.91 Å². The number of rotatable bonds is 5. The molecule has 4 nitrogen and oxygen atoms in total. The van der Waals surface area contributed by atoms with E-state index in [0.717, 1.165) is 9.35 Å². The van der Waals surface area contributed by atoms with Gasteiger partial charge < -0.3 is 10.1 Å². The van der Waals surface area contributed by atoms with Gasteiger partial charge in [0.1, 0.15) is 0 Å². The average molecular weight is 368 g/mol. The molecule has 21 heavy (non-hydrogen) atoms. The van der Waals surface area contributed by atoms with Crippen LogP contribution < -0.4 is 5.32 Å². The average Bonchev–Trinajstić information content (AvgIpc) is 3.00. The van der Waals surface area contributed by atoms with Crippen molar-refractivity contribution in [3.8, 4) is 0 Å². The van der Waals surface area contributed by atoms with E-state index in [9.17, 15) is 9.59 Å². The van der Waals surface area contributed by atoms with Crippen molar-refractivity contribution < 1.29 is 14.3 Å². The van der Waals surface area contributed by atoms with Gasteiger partial charge in [0.05, 0.1) is 11.6 Å². The fourth-order valence-electron chi connectivity index (χ4n) is 1.69. The van der Waals surface area contributed by atoms with E-state index in [4.69, 9.17) is 4.74 Å². The van der Waals surface area contributed by atoms with Crippen molar-refractivity contribution in [3.63, 3.8) is 0 Å². The molecule has 1 N–H and O–H groups in total. The summed E-state index contributed by atoms with van der Waals surface area (Å²) in [7, 11) is 0. The van der Waals surface area contributed by atoms with Crippen molar-refractivity contribution in [2.24, 2.45) is 0 Å². The van der Waals surface area contributed by atoms with Gasteiger partial charge in [0.15, 0.2) is 6.61 Å².